The van der Waals surface area contributed by atoms with Gasteiger partial charge in [0, 0.05) is 18.4 Å². The highest BCUT2D eigenvalue weighted by Gasteiger charge is 2.43. The number of likely N-dealkylation sites (N-methyl/N-ethyl adjacent to an activating group) is 1. The monoisotopic (exact) mass is 412 g/mol. The molecule has 6 heteroatoms. The van der Waals surface area contributed by atoms with Gasteiger partial charge in [0.1, 0.15) is 0 Å². The molecule has 1 aliphatic carbocycles. The Morgan fingerprint density at radius 2 is 2.00 bits per heavy atom. The number of rotatable bonds is 4. The van der Waals surface area contributed by atoms with Crippen LogP contribution in [0.3, 0.4) is 0 Å². The summed E-state index contributed by atoms with van der Waals surface area (Å²) >= 11 is 0. The Morgan fingerprint density at radius 1 is 1.24 bits per heavy atom. The molecule has 0 spiro atoms. The number of fused-ring (bicyclic) bond motifs is 3. The van der Waals surface area contributed by atoms with Gasteiger partial charge in [-0.25, -0.2) is 10.2 Å². The van der Waals surface area contributed by atoms with Crippen molar-refractivity contribution in [2.75, 3.05) is 19.6 Å². The predicted molar refractivity (Wildman–Crippen MR) is 120 cm³/mol. The number of piperidine rings is 1. The van der Waals surface area contributed by atoms with Gasteiger partial charge in [0.15, 0.2) is 0 Å². The van der Waals surface area contributed by atoms with E-state index in [4.69, 9.17) is 5.73 Å². The van der Waals surface area contributed by atoms with Crippen molar-refractivity contribution in [3.8, 4) is 0 Å². The molecule has 154 valence electrons. The number of carbonyl (C=O) groups excluding carboxylic acids is 1. The molecule has 0 radical (unpaired) electrons. The maximum absolute atomic E-state index is 10.7. The van der Waals surface area contributed by atoms with Crippen LogP contribution >= 0.6 is 12.4 Å². The minimum Gasteiger partial charge on any atom is -0.350 e. The van der Waals surface area contributed by atoms with Crippen LogP contribution in [0.4, 0.5) is 4.79 Å². The average Bonchev–Trinajstić information content (AvgIpc) is 3.00. The standard InChI is InChI=1S/C23H28N4O.ClH/c1-3-27-11-10-19-21(14-27)18-9-4-15(2)12-20(18)22(19)17-7-5-16(6-8-17)13-25-26-23(24)28;/h4-9,12-13,19,21-22H,3,10-11,14H2,1-2H3,(H3,24,26,28);1H/b25-13+;/t19-,21-,22+;/m1./s1. The number of nitrogens with one attached hydrogen (secondary N) is 1. The second kappa shape index (κ2) is 8.97. The van der Waals surface area contributed by atoms with E-state index in [1.54, 1.807) is 6.21 Å². The number of nitrogens with two attached hydrogens (primary N) is 1. The summed E-state index contributed by atoms with van der Waals surface area (Å²) in [5.41, 5.74) is 13.9. The van der Waals surface area contributed by atoms with E-state index < -0.39 is 6.03 Å². The summed E-state index contributed by atoms with van der Waals surface area (Å²) in [5, 5.41) is 3.84. The molecule has 0 saturated carbocycles. The lowest BCUT2D eigenvalue weighted by atomic mass is 9.78. The summed E-state index contributed by atoms with van der Waals surface area (Å²) < 4.78 is 0. The van der Waals surface area contributed by atoms with Crippen LogP contribution in [-0.2, 0) is 0 Å². The van der Waals surface area contributed by atoms with Crippen molar-refractivity contribution in [3.05, 3.63) is 70.3 Å². The summed E-state index contributed by atoms with van der Waals surface area (Å²) in [4.78, 5) is 13.3. The van der Waals surface area contributed by atoms with Gasteiger partial charge in [-0.05, 0) is 54.6 Å². The van der Waals surface area contributed by atoms with Gasteiger partial charge in [-0.2, -0.15) is 5.10 Å². The Labute approximate surface area is 178 Å². The molecule has 1 aliphatic heterocycles. The van der Waals surface area contributed by atoms with Crippen molar-refractivity contribution >= 4 is 24.7 Å². The van der Waals surface area contributed by atoms with Gasteiger partial charge in [0.25, 0.3) is 0 Å². The predicted octanol–water partition coefficient (Wildman–Crippen LogP) is 3.99. The number of halogens is 1. The van der Waals surface area contributed by atoms with E-state index in [0.717, 1.165) is 18.7 Å². The Kier molecular flexibility index (Phi) is 6.60. The van der Waals surface area contributed by atoms with Crippen LogP contribution in [0.5, 0.6) is 0 Å². The van der Waals surface area contributed by atoms with Gasteiger partial charge in [-0.1, -0.05) is 55.0 Å². The summed E-state index contributed by atoms with van der Waals surface area (Å²) in [6.07, 6.45) is 2.85. The third-order valence-electron chi connectivity index (χ3n) is 6.29. The molecule has 0 aromatic heterocycles. The largest absolute Gasteiger partial charge is 0.350 e. The molecular weight excluding hydrogens is 384 g/mol. The van der Waals surface area contributed by atoms with Gasteiger partial charge in [-0.3, -0.25) is 0 Å². The summed E-state index contributed by atoms with van der Waals surface area (Å²) in [6.45, 7) is 7.92. The lowest BCUT2D eigenvalue weighted by Gasteiger charge is -2.37. The number of nitrogens with zero attached hydrogens (tertiary/aromatic N) is 2. The van der Waals surface area contributed by atoms with Crippen molar-refractivity contribution in [2.45, 2.75) is 32.1 Å². The van der Waals surface area contributed by atoms with E-state index in [-0.39, 0.29) is 12.4 Å². The molecule has 29 heavy (non-hydrogen) atoms. The first-order valence-electron chi connectivity index (χ1n) is 10.1. The average molecular weight is 413 g/mol. The number of hydrazone groups is 1. The fourth-order valence-electron chi connectivity index (χ4n) is 4.97. The van der Waals surface area contributed by atoms with Crippen LogP contribution in [-0.4, -0.2) is 36.8 Å². The number of carbonyl (C=O) groups is 1. The van der Waals surface area contributed by atoms with Crippen LogP contribution in [0.2, 0.25) is 0 Å². The fourth-order valence-corrected chi connectivity index (χ4v) is 4.97. The fraction of sp³-hybridized carbons (Fsp3) is 0.391. The second-order valence-corrected chi connectivity index (χ2v) is 7.96. The second-order valence-electron chi connectivity index (χ2n) is 7.96. The molecule has 3 N–H and O–H groups in total. The number of likely N-dealkylation sites (tertiary alicyclic amines) is 1. The summed E-state index contributed by atoms with van der Waals surface area (Å²) in [6, 6.07) is 14.9. The van der Waals surface area contributed by atoms with E-state index in [2.05, 4.69) is 71.7 Å². The van der Waals surface area contributed by atoms with Crippen molar-refractivity contribution in [1.29, 1.82) is 0 Å². The topological polar surface area (TPSA) is 70.7 Å². The molecular formula is C23H29ClN4O. The highest BCUT2D eigenvalue weighted by molar-refractivity contribution is 5.85. The van der Waals surface area contributed by atoms with Crippen LogP contribution in [0.25, 0.3) is 0 Å². The van der Waals surface area contributed by atoms with E-state index in [1.165, 1.54) is 35.2 Å². The van der Waals surface area contributed by atoms with Crippen molar-refractivity contribution in [3.63, 3.8) is 0 Å². The van der Waals surface area contributed by atoms with E-state index in [0.29, 0.717) is 17.8 Å². The van der Waals surface area contributed by atoms with Gasteiger partial charge >= 0.3 is 6.03 Å². The van der Waals surface area contributed by atoms with E-state index >= 15 is 0 Å². The molecule has 0 unspecified atom stereocenters. The molecule has 0 bridgehead atoms. The number of benzene rings is 2. The molecule has 2 aliphatic rings. The van der Waals surface area contributed by atoms with Crippen molar-refractivity contribution in [2.24, 2.45) is 16.8 Å². The smallest absolute Gasteiger partial charge is 0.332 e. The number of hydrogen-bond acceptors (Lipinski definition) is 3. The van der Waals surface area contributed by atoms with Gasteiger partial charge < -0.3 is 10.6 Å². The SMILES string of the molecule is CCN1CC[C@H]2[C@H](c3ccc(/C=N/NC(N)=O)cc3)c3cc(C)ccc3[C@H]2C1.Cl. The zero-order valence-electron chi connectivity index (χ0n) is 17.0. The summed E-state index contributed by atoms with van der Waals surface area (Å²) in [7, 11) is 0. The molecule has 2 aromatic carbocycles. The van der Waals surface area contributed by atoms with Crippen LogP contribution < -0.4 is 11.2 Å². The third-order valence-corrected chi connectivity index (χ3v) is 6.29. The first kappa shape index (κ1) is 21.3. The zero-order chi connectivity index (χ0) is 19.7. The molecule has 5 nitrogen and oxygen atoms in total. The Morgan fingerprint density at radius 3 is 2.69 bits per heavy atom. The molecule has 1 saturated heterocycles. The number of aryl methyl sites for hydroxylation is 1. The zero-order valence-corrected chi connectivity index (χ0v) is 17.8. The van der Waals surface area contributed by atoms with Gasteiger partial charge in [-0.15, -0.1) is 12.4 Å². The normalized spacial score (nSPS) is 23.3. The highest BCUT2D eigenvalue weighted by atomic mass is 35.5. The minimum atomic E-state index is -0.657. The number of primary amides is 1. The van der Waals surface area contributed by atoms with Crippen LogP contribution in [0.1, 0.15) is 53.0 Å². The van der Waals surface area contributed by atoms with Crippen molar-refractivity contribution in [1.82, 2.24) is 10.3 Å². The molecule has 2 amide bonds. The molecule has 1 fully saturated rings. The number of urea groups is 1. The third kappa shape index (κ3) is 4.31. The van der Waals surface area contributed by atoms with Gasteiger partial charge in [0.2, 0.25) is 0 Å². The maximum Gasteiger partial charge on any atom is 0.332 e. The minimum absolute atomic E-state index is 0. The first-order chi connectivity index (χ1) is 13.6. The first-order valence-corrected chi connectivity index (χ1v) is 10.1. The van der Waals surface area contributed by atoms with E-state index in [1.807, 2.05) is 0 Å². The Balaban J connectivity index is 0.00000240. The van der Waals surface area contributed by atoms with Gasteiger partial charge in [0.05, 0.1) is 6.21 Å². The maximum atomic E-state index is 10.7. The molecule has 1 heterocycles. The highest BCUT2D eigenvalue weighted by Crippen LogP contribution is 2.53. The molecule has 3 atom stereocenters. The van der Waals surface area contributed by atoms with Crippen LogP contribution in [0, 0.1) is 12.8 Å². The van der Waals surface area contributed by atoms with Crippen molar-refractivity contribution < 1.29 is 4.79 Å². The lowest BCUT2D eigenvalue weighted by molar-refractivity contribution is 0.167. The molecule has 2 aromatic rings. The van der Waals surface area contributed by atoms with Crippen LogP contribution in [0.15, 0.2) is 47.6 Å². The Hall–Kier alpha value is -2.37. The number of hydrogen-bond donors (Lipinski definition) is 2. The van der Waals surface area contributed by atoms with E-state index in [9.17, 15) is 4.79 Å². The lowest BCUT2D eigenvalue weighted by Crippen LogP contribution is -2.38. The summed E-state index contributed by atoms with van der Waals surface area (Å²) in [5.74, 6) is 1.74. The number of amides is 2. The quantitative estimate of drug-likeness (QED) is 0.588. The Bertz CT molecular complexity index is 896. The molecule has 4 rings (SSSR count).